The molecule has 3 aromatic carbocycles. The highest BCUT2D eigenvalue weighted by molar-refractivity contribution is 6.30. The number of carbonyl (C=O) groups is 1. The summed E-state index contributed by atoms with van der Waals surface area (Å²) >= 11 is 6.21. The minimum absolute atomic E-state index is 0.0998. The first-order chi connectivity index (χ1) is 16.2. The summed E-state index contributed by atoms with van der Waals surface area (Å²) in [5.74, 6) is -0.486. The lowest BCUT2D eigenvalue weighted by molar-refractivity contribution is -0.118. The summed E-state index contributed by atoms with van der Waals surface area (Å²) in [6, 6.07) is 23.7. The second-order valence-corrected chi connectivity index (χ2v) is 8.59. The lowest BCUT2D eigenvalue weighted by Crippen LogP contribution is -2.36. The summed E-state index contributed by atoms with van der Waals surface area (Å²) in [5, 5.41) is 0.662. The van der Waals surface area contributed by atoms with E-state index in [4.69, 9.17) is 16.3 Å². The number of ether oxygens (including phenoxy) is 1. The minimum atomic E-state index is -0.386. The molecule has 1 amide bonds. The number of halogens is 1. The normalized spacial score (nSPS) is 14.9. The molecule has 0 bridgehead atoms. The first-order valence-electron chi connectivity index (χ1n) is 11.1. The molecule has 7 heteroatoms. The highest BCUT2D eigenvalue weighted by atomic mass is 35.5. The zero-order valence-electron chi connectivity index (χ0n) is 18.2. The lowest BCUT2D eigenvalue weighted by atomic mass is 9.91. The predicted octanol–water partition coefficient (Wildman–Crippen LogP) is 4.62. The Morgan fingerprint density at radius 3 is 2.61 bits per heavy atom. The number of hydrogen-bond acceptors (Lipinski definition) is 4. The number of carbonyl (C=O) groups excluding carboxylic acids is 1. The van der Waals surface area contributed by atoms with Gasteiger partial charge in [0.1, 0.15) is 6.33 Å². The van der Waals surface area contributed by atoms with Crippen LogP contribution in [0.4, 0.5) is 5.69 Å². The van der Waals surface area contributed by atoms with Crippen molar-refractivity contribution >= 4 is 34.2 Å². The number of aromatic nitrogens is 2. The zero-order chi connectivity index (χ0) is 22.6. The number of imidazole rings is 1. The van der Waals surface area contributed by atoms with Crippen molar-refractivity contribution in [3.05, 3.63) is 95.3 Å². The fourth-order valence-corrected chi connectivity index (χ4v) is 4.46. The van der Waals surface area contributed by atoms with Crippen LogP contribution >= 0.6 is 11.6 Å². The van der Waals surface area contributed by atoms with Gasteiger partial charge in [0.05, 0.1) is 30.2 Å². The number of rotatable bonds is 6. The Balaban J connectivity index is 1.42. The lowest BCUT2D eigenvalue weighted by Gasteiger charge is -2.29. The van der Waals surface area contributed by atoms with E-state index in [9.17, 15) is 4.79 Å². The molecular weight excluding hydrogens is 436 g/mol. The Morgan fingerprint density at radius 1 is 1.03 bits per heavy atom. The van der Waals surface area contributed by atoms with Gasteiger partial charge in [-0.3, -0.25) is 10.2 Å². The zero-order valence-corrected chi connectivity index (χ0v) is 18.9. The number of anilines is 1. The summed E-state index contributed by atoms with van der Waals surface area (Å²) in [5.41, 5.74) is 7.83. The van der Waals surface area contributed by atoms with Crippen molar-refractivity contribution in [2.45, 2.75) is 12.3 Å². The van der Waals surface area contributed by atoms with Crippen LogP contribution in [0.2, 0.25) is 5.02 Å². The summed E-state index contributed by atoms with van der Waals surface area (Å²) in [7, 11) is 0. The highest BCUT2D eigenvalue weighted by Gasteiger charge is 2.23. The van der Waals surface area contributed by atoms with Gasteiger partial charge >= 0.3 is 0 Å². The summed E-state index contributed by atoms with van der Waals surface area (Å²) in [4.78, 5) is 20.2. The van der Waals surface area contributed by atoms with E-state index in [0.717, 1.165) is 54.2 Å². The maximum Gasteiger partial charge on any atom is 0.246 e. The van der Waals surface area contributed by atoms with E-state index in [0.29, 0.717) is 11.4 Å². The number of para-hydroxylation sites is 2. The van der Waals surface area contributed by atoms with Crippen molar-refractivity contribution in [1.82, 2.24) is 9.66 Å². The van der Waals surface area contributed by atoms with Crippen molar-refractivity contribution in [1.29, 1.82) is 0 Å². The number of nitrogens with one attached hydrogen (secondary N) is 1. The number of benzene rings is 3. The fraction of sp³-hybridized carbons (Fsp3) is 0.231. The second kappa shape index (κ2) is 9.65. The third-order valence-corrected chi connectivity index (χ3v) is 6.24. The van der Waals surface area contributed by atoms with Gasteiger partial charge in [-0.2, -0.15) is 0 Å². The molecule has 1 aliphatic rings. The Morgan fingerprint density at radius 2 is 1.82 bits per heavy atom. The van der Waals surface area contributed by atoms with Crippen LogP contribution in [-0.2, 0) is 16.0 Å². The van der Waals surface area contributed by atoms with Crippen LogP contribution in [-0.4, -0.2) is 41.9 Å². The van der Waals surface area contributed by atoms with Gasteiger partial charge in [0.25, 0.3) is 0 Å². The van der Waals surface area contributed by atoms with E-state index in [2.05, 4.69) is 27.4 Å². The first kappa shape index (κ1) is 21.5. The standard InChI is InChI=1S/C26H25ClN4O2/c27-21-5-3-4-19(16-21)17-23(20-8-10-22(11-9-20)30-12-14-33-15-13-30)26(32)29-31-18-28-24-6-1-2-7-25(24)31/h1-11,16,18,23H,12-15,17H2,(H,29,32). The van der Waals surface area contributed by atoms with Gasteiger partial charge in [-0.25, -0.2) is 9.66 Å². The van der Waals surface area contributed by atoms with Crippen molar-refractivity contribution in [2.75, 3.05) is 36.6 Å². The molecule has 0 saturated carbocycles. The topological polar surface area (TPSA) is 59.4 Å². The van der Waals surface area contributed by atoms with E-state index in [1.54, 1.807) is 11.0 Å². The van der Waals surface area contributed by atoms with Gasteiger partial charge in [-0.05, 0) is 53.9 Å². The molecule has 1 N–H and O–H groups in total. The van der Waals surface area contributed by atoms with Gasteiger partial charge in [0.15, 0.2) is 0 Å². The molecule has 168 valence electrons. The third-order valence-electron chi connectivity index (χ3n) is 6.00. The van der Waals surface area contributed by atoms with Crippen LogP contribution in [0.25, 0.3) is 11.0 Å². The molecule has 1 saturated heterocycles. The molecule has 6 nitrogen and oxygen atoms in total. The number of fused-ring (bicyclic) bond motifs is 1. The van der Waals surface area contributed by atoms with E-state index in [-0.39, 0.29) is 11.8 Å². The molecule has 0 radical (unpaired) electrons. The van der Waals surface area contributed by atoms with Crippen molar-refractivity contribution in [3.8, 4) is 0 Å². The fourth-order valence-electron chi connectivity index (χ4n) is 4.25. The summed E-state index contributed by atoms with van der Waals surface area (Å²) < 4.78 is 7.14. The van der Waals surface area contributed by atoms with Crippen LogP contribution in [0.5, 0.6) is 0 Å². The van der Waals surface area contributed by atoms with Gasteiger partial charge in [0.2, 0.25) is 5.91 Å². The smallest absolute Gasteiger partial charge is 0.246 e. The third kappa shape index (κ3) is 4.87. The van der Waals surface area contributed by atoms with Crippen LogP contribution < -0.4 is 10.3 Å². The van der Waals surface area contributed by atoms with Crippen LogP contribution in [0.3, 0.4) is 0 Å². The van der Waals surface area contributed by atoms with Crippen LogP contribution in [0.15, 0.2) is 79.1 Å². The van der Waals surface area contributed by atoms with Crippen LogP contribution in [0, 0.1) is 0 Å². The van der Waals surface area contributed by atoms with Gasteiger partial charge < -0.3 is 9.64 Å². The van der Waals surface area contributed by atoms with Crippen molar-refractivity contribution in [2.24, 2.45) is 0 Å². The van der Waals surface area contributed by atoms with E-state index < -0.39 is 0 Å². The molecule has 0 aliphatic carbocycles. The van der Waals surface area contributed by atoms with Crippen molar-refractivity contribution in [3.63, 3.8) is 0 Å². The molecule has 1 unspecified atom stereocenters. The molecule has 1 fully saturated rings. The molecular formula is C26H25ClN4O2. The highest BCUT2D eigenvalue weighted by Crippen LogP contribution is 2.26. The molecule has 1 aliphatic heterocycles. The first-order valence-corrected chi connectivity index (χ1v) is 11.5. The summed E-state index contributed by atoms with van der Waals surface area (Å²) in [6.07, 6.45) is 2.18. The molecule has 1 aromatic heterocycles. The Labute approximate surface area is 197 Å². The molecule has 33 heavy (non-hydrogen) atoms. The van der Waals surface area contributed by atoms with E-state index in [1.807, 2.05) is 60.7 Å². The molecule has 1 atom stereocenters. The predicted molar refractivity (Wildman–Crippen MR) is 131 cm³/mol. The maximum absolute atomic E-state index is 13.5. The number of nitrogens with zero attached hydrogens (tertiary/aromatic N) is 3. The average Bonchev–Trinajstić information content (AvgIpc) is 3.26. The SMILES string of the molecule is O=C(Nn1cnc2ccccc21)C(Cc1cccc(Cl)c1)c1ccc(N2CCOCC2)cc1. The number of morpholine rings is 1. The molecule has 0 spiro atoms. The summed E-state index contributed by atoms with van der Waals surface area (Å²) in [6.45, 7) is 3.22. The molecule has 2 heterocycles. The Bertz CT molecular complexity index is 1250. The number of amides is 1. The number of hydrogen-bond donors (Lipinski definition) is 1. The monoisotopic (exact) mass is 460 g/mol. The Kier molecular flexibility index (Phi) is 6.28. The Hall–Kier alpha value is -3.35. The second-order valence-electron chi connectivity index (χ2n) is 8.16. The van der Waals surface area contributed by atoms with Gasteiger partial charge in [-0.1, -0.05) is 48.0 Å². The minimum Gasteiger partial charge on any atom is -0.378 e. The largest absolute Gasteiger partial charge is 0.378 e. The quantitative estimate of drug-likeness (QED) is 0.456. The average molecular weight is 461 g/mol. The van der Waals surface area contributed by atoms with Crippen molar-refractivity contribution < 1.29 is 9.53 Å². The molecule has 4 aromatic rings. The van der Waals surface area contributed by atoms with Gasteiger partial charge in [-0.15, -0.1) is 0 Å². The maximum atomic E-state index is 13.5. The van der Waals surface area contributed by atoms with Crippen LogP contribution in [0.1, 0.15) is 17.0 Å². The van der Waals surface area contributed by atoms with Gasteiger partial charge in [0, 0.05) is 23.8 Å². The van der Waals surface area contributed by atoms with E-state index in [1.165, 1.54) is 0 Å². The van der Waals surface area contributed by atoms with E-state index >= 15 is 0 Å². The molecule has 5 rings (SSSR count).